The fourth-order valence-corrected chi connectivity index (χ4v) is 3.01. The molecule has 2 heterocycles. The minimum Gasteiger partial charge on any atom is -0.481 e. The number of hydrogen-bond acceptors (Lipinski definition) is 2. The van der Waals surface area contributed by atoms with E-state index in [0.29, 0.717) is 12.1 Å². The molecule has 0 aromatic carbocycles. The maximum absolute atomic E-state index is 11.1. The van der Waals surface area contributed by atoms with Crippen LogP contribution in [-0.4, -0.2) is 34.6 Å². The number of nitrogens with zero attached hydrogens (tertiary/aromatic N) is 1. The number of rotatable bonds is 3. The molecule has 0 radical (unpaired) electrons. The summed E-state index contributed by atoms with van der Waals surface area (Å²) in [6.07, 6.45) is 6.43. The number of aliphatic carboxylic acids is 1. The number of carbonyl (C=O) groups is 1. The molecule has 2 rings (SSSR count). The lowest BCUT2D eigenvalue weighted by Crippen LogP contribution is -2.47. The Balaban J connectivity index is 2.03. The second-order valence-corrected chi connectivity index (χ2v) is 5.68. The average Bonchev–Trinajstić information content (AvgIpc) is 2.39. The lowest BCUT2D eigenvalue weighted by Gasteiger charge is -2.38. The van der Waals surface area contributed by atoms with Crippen molar-refractivity contribution in [3.63, 3.8) is 0 Å². The van der Waals surface area contributed by atoms with E-state index in [1.165, 1.54) is 32.1 Å². The van der Waals surface area contributed by atoms with Crippen molar-refractivity contribution in [1.29, 1.82) is 0 Å². The zero-order valence-electron chi connectivity index (χ0n) is 9.70. The minimum atomic E-state index is -0.674. The van der Waals surface area contributed by atoms with Gasteiger partial charge in [-0.15, -0.1) is 0 Å². The Morgan fingerprint density at radius 3 is 2.27 bits per heavy atom. The van der Waals surface area contributed by atoms with Gasteiger partial charge in [0.15, 0.2) is 0 Å². The first-order valence-corrected chi connectivity index (χ1v) is 6.00. The van der Waals surface area contributed by atoms with Gasteiger partial charge in [-0.1, -0.05) is 6.42 Å². The SMILES string of the molecule is CC(C)(CN1C2CCCC1CC2)C(=O)O. The lowest BCUT2D eigenvalue weighted by atomic mass is 9.90. The van der Waals surface area contributed by atoms with Crippen LogP contribution in [0.1, 0.15) is 46.0 Å². The Labute approximate surface area is 91.5 Å². The quantitative estimate of drug-likeness (QED) is 0.777. The van der Waals surface area contributed by atoms with Crippen molar-refractivity contribution in [3.05, 3.63) is 0 Å². The maximum Gasteiger partial charge on any atom is 0.310 e. The lowest BCUT2D eigenvalue weighted by molar-refractivity contribution is -0.148. The Bertz CT molecular complexity index is 246. The van der Waals surface area contributed by atoms with E-state index in [9.17, 15) is 4.79 Å². The molecular weight excluding hydrogens is 190 g/mol. The number of fused-ring (bicyclic) bond motifs is 2. The van der Waals surface area contributed by atoms with Crippen LogP contribution in [0.2, 0.25) is 0 Å². The van der Waals surface area contributed by atoms with Gasteiger partial charge >= 0.3 is 5.97 Å². The summed E-state index contributed by atoms with van der Waals surface area (Å²) in [7, 11) is 0. The van der Waals surface area contributed by atoms with Gasteiger partial charge in [0.25, 0.3) is 0 Å². The molecule has 2 atom stereocenters. The Morgan fingerprint density at radius 2 is 1.80 bits per heavy atom. The predicted molar refractivity (Wildman–Crippen MR) is 58.8 cm³/mol. The summed E-state index contributed by atoms with van der Waals surface area (Å²) < 4.78 is 0. The standard InChI is InChI=1S/C12H21NO2/c1-12(2,11(14)15)8-13-9-4-3-5-10(13)7-6-9/h9-10H,3-8H2,1-2H3,(H,14,15). The van der Waals surface area contributed by atoms with E-state index in [4.69, 9.17) is 5.11 Å². The van der Waals surface area contributed by atoms with Crippen molar-refractivity contribution in [2.45, 2.75) is 58.0 Å². The van der Waals surface area contributed by atoms with E-state index in [2.05, 4.69) is 4.90 Å². The van der Waals surface area contributed by atoms with E-state index in [0.717, 1.165) is 6.54 Å². The van der Waals surface area contributed by atoms with Gasteiger partial charge in [-0.25, -0.2) is 0 Å². The van der Waals surface area contributed by atoms with Gasteiger partial charge in [0.05, 0.1) is 5.41 Å². The molecule has 1 N–H and O–H groups in total. The van der Waals surface area contributed by atoms with Crippen molar-refractivity contribution < 1.29 is 9.90 Å². The summed E-state index contributed by atoms with van der Waals surface area (Å²) in [6, 6.07) is 1.34. The molecule has 0 spiro atoms. The third-order valence-electron chi connectivity index (χ3n) is 4.00. The highest BCUT2D eigenvalue weighted by Gasteiger charge is 2.41. The van der Waals surface area contributed by atoms with Gasteiger partial charge in [0, 0.05) is 18.6 Å². The van der Waals surface area contributed by atoms with Gasteiger partial charge in [-0.2, -0.15) is 0 Å². The highest BCUT2D eigenvalue weighted by atomic mass is 16.4. The fourth-order valence-electron chi connectivity index (χ4n) is 3.01. The largest absolute Gasteiger partial charge is 0.481 e. The summed E-state index contributed by atoms with van der Waals surface area (Å²) in [4.78, 5) is 13.6. The summed E-state index contributed by atoms with van der Waals surface area (Å²) in [5.41, 5.74) is -0.599. The van der Waals surface area contributed by atoms with Crippen molar-refractivity contribution in [2.24, 2.45) is 5.41 Å². The fraction of sp³-hybridized carbons (Fsp3) is 0.917. The molecule has 0 aliphatic carbocycles. The Morgan fingerprint density at radius 1 is 1.27 bits per heavy atom. The first-order chi connectivity index (χ1) is 7.00. The number of carboxylic acid groups (broad SMARTS) is 1. The third kappa shape index (κ3) is 2.03. The predicted octanol–water partition coefficient (Wildman–Crippen LogP) is 2.11. The summed E-state index contributed by atoms with van der Waals surface area (Å²) >= 11 is 0. The highest BCUT2D eigenvalue weighted by molar-refractivity contribution is 5.73. The van der Waals surface area contributed by atoms with Gasteiger partial charge in [0.1, 0.15) is 0 Å². The normalized spacial score (nSPS) is 31.9. The molecule has 15 heavy (non-hydrogen) atoms. The molecule has 0 amide bonds. The summed E-state index contributed by atoms with van der Waals surface area (Å²) in [6.45, 7) is 4.39. The molecule has 3 nitrogen and oxygen atoms in total. The Kier molecular flexibility index (Phi) is 2.75. The average molecular weight is 211 g/mol. The van der Waals surface area contributed by atoms with Crippen LogP contribution in [0, 0.1) is 5.41 Å². The molecule has 3 heteroatoms. The van der Waals surface area contributed by atoms with Crippen LogP contribution < -0.4 is 0 Å². The molecular formula is C12H21NO2. The van der Waals surface area contributed by atoms with E-state index < -0.39 is 11.4 Å². The molecule has 2 aliphatic heterocycles. The second kappa shape index (κ2) is 3.78. The van der Waals surface area contributed by atoms with Crippen molar-refractivity contribution in [2.75, 3.05) is 6.54 Å². The van der Waals surface area contributed by atoms with Crippen LogP contribution in [0.15, 0.2) is 0 Å². The summed E-state index contributed by atoms with van der Waals surface area (Å²) in [5.74, 6) is -0.674. The third-order valence-corrected chi connectivity index (χ3v) is 4.00. The van der Waals surface area contributed by atoms with Crippen molar-refractivity contribution in [3.8, 4) is 0 Å². The van der Waals surface area contributed by atoms with Crippen LogP contribution in [0.3, 0.4) is 0 Å². The molecule has 2 fully saturated rings. The van der Waals surface area contributed by atoms with Gasteiger partial charge < -0.3 is 5.11 Å². The molecule has 0 saturated carbocycles. The molecule has 0 aromatic heterocycles. The van der Waals surface area contributed by atoms with Gasteiger partial charge in [-0.05, 0) is 39.5 Å². The van der Waals surface area contributed by atoms with Crippen molar-refractivity contribution in [1.82, 2.24) is 4.90 Å². The number of carboxylic acids is 1. The number of piperidine rings is 1. The first-order valence-electron chi connectivity index (χ1n) is 6.00. The molecule has 86 valence electrons. The maximum atomic E-state index is 11.1. The van der Waals surface area contributed by atoms with Gasteiger partial charge in [-0.3, -0.25) is 9.69 Å². The van der Waals surface area contributed by atoms with Crippen LogP contribution in [0.4, 0.5) is 0 Å². The van der Waals surface area contributed by atoms with Crippen LogP contribution in [-0.2, 0) is 4.79 Å². The van der Waals surface area contributed by atoms with E-state index >= 15 is 0 Å². The minimum absolute atomic E-state index is 0.599. The van der Waals surface area contributed by atoms with Crippen LogP contribution in [0.25, 0.3) is 0 Å². The van der Waals surface area contributed by atoms with Crippen LogP contribution in [0.5, 0.6) is 0 Å². The topological polar surface area (TPSA) is 40.5 Å². The zero-order valence-corrected chi connectivity index (χ0v) is 9.70. The molecule has 0 aromatic rings. The first kappa shape index (κ1) is 10.9. The highest BCUT2D eigenvalue weighted by Crippen LogP contribution is 2.37. The van der Waals surface area contributed by atoms with E-state index in [1.54, 1.807) is 0 Å². The monoisotopic (exact) mass is 211 g/mol. The van der Waals surface area contributed by atoms with E-state index in [-0.39, 0.29) is 0 Å². The molecule has 2 bridgehead atoms. The van der Waals surface area contributed by atoms with Gasteiger partial charge in [0.2, 0.25) is 0 Å². The molecule has 2 unspecified atom stereocenters. The van der Waals surface area contributed by atoms with E-state index in [1.807, 2.05) is 13.8 Å². The number of hydrogen-bond donors (Lipinski definition) is 1. The molecule has 2 saturated heterocycles. The van der Waals surface area contributed by atoms with Crippen LogP contribution >= 0.6 is 0 Å². The smallest absolute Gasteiger partial charge is 0.310 e. The van der Waals surface area contributed by atoms with Crippen molar-refractivity contribution >= 4 is 5.97 Å². The Hall–Kier alpha value is -0.570. The summed E-state index contributed by atoms with van der Waals surface area (Å²) in [5, 5.41) is 9.14. The second-order valence-electron chi connectivity index (χ2n) is 5.68. The molecule has 2 aliphatic rings. The zero-order chi connectivity index (χ0) is 11.1.